The highest BCUT2D eigenvalue weighted by Crippen LogP contribution is 2.37. The van der Waals surface area contributed by atoms with Gasteiger partial charge in [-0.1, -0.05) is 35.9 Å². The first-order valence-corrected chi connectivity index (χ1v) is 8.68. The third kappa shape index (κ3) is 2.82. The Hall–Kier alpha value is -3.30. The molecule has 0 N–H and O–H groups in total. The summed E-state index contributed by atoms with van der Waals surface area (Å²) in [4.78, 5) is 20.5. The molecule has 2 amide bonds. The number of halogens is 1. The summed E-state index contributed by atoms with van der Waals surface area (Å²) < 4.78 is 5.37. The van der Waals surface area contributed by atoms with Gasteiger partial charge in [-0.25, -0.2) is 4.79 Å². The summed E-state index contributed by atoms with van der Waals surface area (Å²) in [7, 11) is 1.52. The Morgan fingerprint density at radius 1 is 1.22 bits per heavy atom. The number of amides is 2. The number of rotatable bonds is 3. The van der Waals surface area contributed by atoms with E-state index in [1.807, 2.05) is 24.3 Å². The van der Waals surface area contributed by atoms with Crippen LogP contribution in [0.5, 0.6) is 5.75 Å². The number of urea groups is 1. The van der Waals surface area contributed by atoms with Gasteiger partial charge < -0.3 is 4.74 Å². The molecule has 2 heterocycles. The molecule has 0 unspecified atom stereocenters. The van der Waals surface area contributed by atoms with Crippen LogP contribution in [0.15, 0.2) is 54.9 Å². The zero-order chi connectivity index (χ0) is 19.0. The molecule has 134 valence electrons. The summed E-state index contributed by atoms with van der Waals surface area (Å²) in [5.74, 6) is 0.477. The predicted octanol–water partition coefficient (Wildman–Crippen LogP) is 4.24. The molecule has 27 heavy (non-hydrogen) atoms. The number of carbonyl (C=O) groups is 1. The molecule has 0 radical (unpaired) electrons. The van der Waals surface area contributed by atoms with Crippen LogP contribution in [0, 0.1) is 11.3 Å². The second-order valence-corrected chi connectivity index (χ2v) is 6.54. The Morgan fingerprint density at radius 2 is 2.04 bits per heavy atom. The monoisotopic (exact) mass is 378 g/mol. The molecule has 1 atom stereocenters. The third-order valence-corrected chi connectivity index (χ3v) is 4.83. The van der Waals surface area contributed by atoms with Crippen molar-refractivity contribution >= 4 is 39.8 Å². The van der Waals surface area contributed by atoms with Gasteiger partial charge in [-0.2, -0.15) is 5.26 Å². The molecule has 0 bridgehead atoms. The molecule has 4 rings (SSSR count). The number of carbonyl (C=O) groups excluding carboxylic acids is 1. The fraction of sp³-hybridized carbons (Fsp3) is 0.150. The lowest BCUT2D eigenvalue weighted by Crippen LogP contribution is -2.34. The Bertz CT molecular complexity index is 1070. The van der Waals surface area contributed by atoms with Crippen LogP contribution in [0.25, 0.3) is 10.8 Å². The number of anilines is 2. The Kier molecular flexibility index (Phi) is 4.30. The molecule has 1 fully saturated rings. The summed E-state index contributed by atoms with van der Waals surface area (Å²) in [5, 5.41) is 12.0. The zero-order valence-electron chi connectivity index (χ0n) is 14.5. The Balaban J connectivity index is 1.81. The highest BCUT2D eigenvalue weighted by Gasteiger charge is 2.41. The quantitative estimate of drug-likeness (QED) is 0.683. The van der Waals surface area contributed by atoms with Gasteiger partial charge in [-0.3, -0.25) is 14.8 Å². The number of pyridine rings is 1. The number of nitrogens with zero attached hydrogens (tertiary/aromatic N) is 4. The van der Waals surface area contributed by atoms with Crippen molar-refractivity contribution in [1.29, 1.82) is 5.26 Å². The summed E-state index contributed by atoms with van der Waals surface area (Å²) in [6.07, 6.45) is 3.36. The zero-order valence-corrected chi connectivity index (χ0v) is 15.2. The van der Waals surface area contributed by atoms with E-state index in [4.69, 9.17) is 16.3 Å². The number of hydrogen-bond donors (Lipinski definition) is 0. The number of aromatic nitrogens is 1. The van der Waals surface area contributed by atoms with Gasteiger partial charge in [0.15, 0.2) is 0 Å². The van der Waals surface area contributed by atoms with Gasteiger partial charge in [0.1, 0.15) is 11.8 Å². The largest absolute Gasteiger partial charge is 0.495 e. The summed E-state index contributed by atoms with van der Waals surface area (Å²) >= 11 is 6.03. The molecule has 0 spiro atoms. The summed E-state index contributed by atoms with van der Waals surface area (Å²) in [6, 6.07) is 14.0. The van der Waals surface area contributed by atoms with Crippen LogP contribution >= 0.6 is 11.6 Å². The van der Waals surface area contributed by atoms with Crippen molar-refractivity contribution in [3.8, 4) is 11.8 Å². The molecule has 2 aromatic carbocycles. The standard InChI is InChI=1S/C20H15ClN4O2/c1-27-19-8-14(21)6-7-17(19)24-12-15(9-22)25(20(24)26)18-11-23-10-13-4-2-3-5-16(13)18/h2-8,10-11,15H,12H2,1H3/t15-/m0/s1. The minimum Gasteiger partial charge on any atom is -0.495 e. The number of ether oxygens (including phenoxy) is 1. The Labute approximate surface area is 161 Å². The molecular formula is C20H15ClN4O2. The fourth-order valence-electron chi connectivity index (χ4n) is 3.33. The number of hydrogen-bond acceptors (Lipinski definition) is 4. The van der Waals surface area contributed by atoms with Gasteiger partial charge in [0.2, 0.25) is 0 Å². The second-order valence-electron chi connectivity index (χ2n) is 6.10. The summed E-state index contributed by atoms with van der Waals surface area (Å²) in [5.41, 5.74) is 1.18. The molecule has 3 aromatic rings. The van der Waals surface area contributed by atoms with Gasteiger partial charge in [-0.15, -0.1) is 0 Å². The second kappa shape index (κ2) is 6.78. The van der Waals surface area contributed by atoms with Crippen LogP contribution < -0.4 is 14.5 Å². The van der Waals surface area contributed by atoms with E-state index in [-0.39, 0.29) is 12.6 Å². The number of fused-ring (bicyclic) bond motifs is 1. The molecule has 7 heteroatoms. The maximum atomic E-state index is 13.3. The SMILES string of the molecule is COc1cc(Cl)ccc1N1C[C@H](C#N)N(c2cncc3ccccc23)C1=O. The van der Waals surface area contributed by atoms with Gasteiger partial charge in [0, 0.05) is 28.1 Å². The van der Waals surface area contributed by atoms with Crippen LogP contribution in [-0.2, 0) is 0 Å². The van der Waals surface area contributed by atoms with Crippen LogP contribution in [0.4, 0.5) is 16.2 Å². The van der Waals surface area contributed by atoms with Gasteiger partial charge >= 0.3 is 6.03 Å². The van der Waals surface area contributed by atoms with Crippen LogP contribution in [-0.4, -0.2) is 30.7 Å². The van der Waals surface area contributed by atoms with E-state index in [1.54, 1.807) is 30.6 Å². The topological polar surface area (TPSA) is 69.5 Å². The van der Waals surface area contributed by atoms with E-state index in [9.17, 15) is 10.1 Å². The molecule has 0 aliphatic carbocycles. The highest BCUT2D eigenvalue weighted by molar-refractivity contribution is 6.31. The first-order valence-electron chi connectivity index (χ1n) is 8.30. The molecule has 6 nitrogen and oxygen atoms in total. The average Bonchev–Trinajstić information content (AvgIpc) is 3.03. The van der Waals surface area contributed by atoms with Crippen molar-refractivity contribution in [2.24, 2.45) is 0 Å². The van der Waals surface area contributed by atoms with E-state index < -0.39 is 6.04 Å². The van der Waals surface area contributed by atoms with Crippen molar-refractivity contribution in [2.75, 3.05) is 23.5 Å². The third-order valence-electron chi connectivity index (χ3n) is 4.59. The van der Waals surface area contributed by atoms with Gasteiger partial charge in [-0.05, 0) is 12.1 Å². The molecule has 1 saturated heterocycles. The maximum absolute atomic E-state index is 13.3. The van der Waals surface area contributed by atoms with E-state index in [2.05, 4.69) is 11.1 Å². The lowest BCUT2D eigenvalue weighted by atomic mass is 10.1. The molecule has 0 saturated carbocycles. The lowest BCUT2D eigenvalue weighted by Gasteiger charge is -2.22. The average molecular weight is 379 g/mol. The number of nitriles is 1. The van der Waals surface area contributed by atoms with Crippen LogP contribution in [0.2, 0.25) is 5.02 Å². The van der Waals surface area contributed by atoms with Crippen molar-refractivity contribution in [2.45, 2.75) is 6.04 Å². The van der Waals surface area contributed by atoms with Crippen molar-refractivity contribution < 1.29 is 9.53 Å². The van der Waals surface area contributed by atoms with E-state index in [1.165, 1.54) is 16.9 Å². The predicted molar refractivity (Wildman–Crippen MR) is 104 cm³/mol. The minimum atomic E-state index is -0.648. The summed E-state index contributed by atoms with van der Waals surface area (Å²) in [6.45, 7) is 0.219. The highest BCUT2D eigenvalue weighted by atomic mass is 35.5. The van der Waals surface area contributed by atoms with Crippen molar-refractivity contribution in [3.05, 3.63) is 59.9 Å². The normalized spacial score (nSPS) is 16.6. The first-order chi connectivity index (χ1) is 13.1. The van der Waals surface area contributed by atoms with Crippen LogP contribution in [0.3, 0.4) is 0 Å². The van der Waals surface area contributed by atoms with Gasteiger partial charge in [0.25, 0.3) is 0 Å². The van der Waals surface area contributed by atoms with E-state index in [0.29, 0.717) is 22.1 Å². The minimum absolute atomic E-state index is 0.219. The molecular weight excluding hydrogens is 364 g/mol. The van der Waals surface area contributed by atoms with Crippen LogP contribution in [0.1, 0.15) is 0 Å². The lowest BCUT2D eigenvalue weighted by molar-refractivity contribution is 0.255. The first kappa shape index (κ1) is 17.1. The van der Waals surface area contributed by atoms with Gasteiger partial charge in [0.05, 0.1) is 37.3 Å². The molecule has 1 aromatic heterocycles. The van der Waals surface area contributed by atoms with E-state index in [0.717, 1.165) is 10.8 Å². The van der Waals surface area contributed by atoms with Crippen molar-refractivity contribution in [3.63, 3.8) is 0 Å². The van der Waals surface area contributed by atoms with Crippen molar-refractivity contribution in [1.82, 2.24) is 4.98 Å². The number of benzene rings is 2. The molecule has 1 aliphatic heterocycles. The maximum Gasteiger partial charge on any atom is 0.330 e. The Morgan fingerprint density at radius 3 is 2.81 bits per heavy atom. The van der Waals surface area contributed by atoms with E-state index >= 15 is 0 Å². The fourth-order valence-corrected chi connectivity index (χ4v) is 3.50. The molecule has 1 aliphatic rings. The smallest absolute Gasteiger partial charge is 0.330 e. The number of methoxy groups -OCH3 is 1.